The number of carbonyl (C=O) groups is 1. The van der Waals surface area contributed by atoms with Gasteiger partial charge in [0.2, 0.25) is 5.91 Å². The summed E-state index contributed by atoms with van der Waals surface area (Å²) in [5, 5.41) is 4.03. The van der Waals surface area contributed by atoms with E-state index in [1.54, 1.807) is 0 Å². The molecule has 0 aromatic rings. The summed E-state index contributed by atoms with van der Waals surface area (Å²) in [7, 11) is 0. The fraction of sp³-hybridized carbons (Fsp3) is 0.929. The summed E-state index contributed by atoms with van der Waals surface area (Å²) in [4.78, 5) is 14.3. The van der Waals surface area contributed by atoms with Gasteiger partial charge in [0, 0.05) is 30.9 Å². The molecule has 0 spiro atoms. The molecule has 2 fully saturated rings. The number of nitrogens with zero attached hydrogens (tertiary/aromatic N) is 1. The van der Waals surface area contributed by atoms with E-state index in [0.29, 0.717) is 22.8 Å². The maximum atomic E-state index is 12.3. The molecule has 2 saturated heterocycles. The van der Waals surface area contributed by atoms with Crippen molar-refractivity contribution in [3.63, 3.8) is 0 Å². The van der Waals surface area contributed by atoms with Gasteiger partial charge in [-0.05, 0) is 39.3 Å². The molecular weight excluding hydrogens is 260 g/mol. The Balaban J connectivity index is 1.69. The summed E-state index contributed by atoms with van der Waals surface area (Å²) >= 11 is 1.84. The van der Waals surface area contributed by atoms with Gasteiger partial charge in [-0.3, -0.25) is 4.79 Å². The number of piperidine rings is 1. The molecule has 2 rings (SSSR count). The summed E-state index contributed by atoms with van der Waals surface area (Å²) in [6.07, 6.45) is 3.49. The largest absolute Gasteiger partial charge is 0.381 e. The highest BCUT2D eigenvalue weighted by molar-refractivity contribution is 8.00. The van der Waals surface area contributed by atoms with Crippen LogP contribution in [0.2, 0.25) is 0 Å². The van der Waals surface area contributed by atoms with Crippen LogP contribution in [0.15, 0.2) is 0 Å². The van der Waals surface area contributed by atoms with Crippen LogP contribution < -0.4 is 5.32 Å². The van der Waals surface area contributed by atoms with E-state index < -0.39 is 0 Å². The SMILES string of the molecule is CCN(CC1CCOC1)C(=O)CSC1CCNCC1. The Labute approximate surface area is 120 Å². The lowest BCUT2D eigenvalue weighted by Gasteiger charge is -2.26. The molecule has 0 radical (unpaired) electrons. The number of thioether (sulfide) groups is 1. The van der Waals surface area contributed by atoms with Crippen molar-refractivity contribution in [2.24, 2.45) is 5.92 Å². The lowest BCUT2D eigenvalue weighted by Crippen LogP contribution is -2.37. The van der Waals surface area contributed by atoms with Gasteiger partial charge in [-0.1, -0.05) is 0 Å². The zero-order chi connectivity index (χ0) is 13.5. The van der Waals surface area contributed by atoms with E-state index in [1.165, 1.54) is 12.8 Å². The van der Waals surface area contributed by atoms with Crippen LogP contribution >= 0.6 is 11.8 Å². The molecule has 1 atom stereocenters. The van der Waals surface area contributed by atoms with Crippen LogP contribution in [0.4, 0.5) is 0 Å². The number of ether oxygens (including phenoxy) is 1. The standard InChI is InChI=1S/C14H26N2O2S/c1-2-16(9-12-5-8-18-10-12)14(17)11-19-13-3-6-15-7-4-13/h12-13,15H,2-11H2,1H3. The molecule has 2 aliphatic heterocycles. The van der Waals surface area contributed by atoms with Crippen LogP contribution in [0.1, 0.15) is 26.2 Å². The van der Waals surface area contributed by atoms with E-state index in [-0.39, 0.29) is 0 Å². The van der Waals surface area contributed by atoms with Gasteiger partial charge >= 0.3 is 0 Å². The fourth-order valence-corrected chi connectivity index (χ4v) is 3.82. The molecule has 19 heavy (non-hydrogen) atoms. The quantitative estimate of drug-likeness (QED) is 0.800. The van der Waals surface area contributed by atoms with E-state index in [4.69, 9.17) is 4.74 Å². The molecule has 5 heteroatoms. The Morgan fingerprint density at radius 2 is 2.16 bits per heavy atom. The maximum Gasteiger partial charge on any atom is 0.232 e. The monoisotopic (exact) mass is 286 g/mol. The van der Waals surface area contributed by atoms with Gasteiger partial charge in [0.25, 0.3) is 0 Å². The summed E-state index contributed by atoms with van der Waals surface area (Å²) in [6, 6.07) is 0. The smallest absolute Gasteiger partial charge is 0.232 e. The van der Waals surface area contributed by atoms with Gasteiger partial charge in [0.15, 0.2) is 0 Å². The molecular formula is C14H26N2O2S. The Morgan fingerprint density at radius 3 is 2.79 bits per heavy atom. The number of rotatable bonds is 6. The molecule has 110 valence electrons. The first-order chi connectivity index (χ1) is 9.29. The molecule has 0 aliphatic carbocycles. The second-order valence-corrected chi connectivity index (χ2v) is 6.71. The number of carbonyl (C=O) groups excluding carboxylic acids is 1. The molecule has 2 heterocycles. The van der Waals surface area contributed by atoms with E-state index in [9.17, 15) is 4.79 Å². The van der Waals surface area contributed by atoms with Gasteiger partial charge in [-0.25, -0.2) is 0 Å². The molecule has 2 aliphatic rings. The van der Waals surface area contributed by atoms with E-state index >= 15 is 0 Å². The first-order valence-corrected chi connectivity index (χ1v) is 8.52. The van der Waals surface area contributed by atoms with Gasteiger partial charge < -0.3 is 15.0 Å². The Kier molecular flexibility index (Phi) is 6.47. The zero-order valence-electron chi connectivity index (χ0n) is 11.9. The number of hydrogen-bond donors (Lipinski definition) is 1. The van der Waals surface area contributed by atoms with Crippen LogP contribution in [0.5, 0.6) is 0 Å². The third-order valence-electron chi connectivity index (χ3n) is 3.97. The van der Waals surface area contributed by atoms with Crippen molar-refractivity contribution in [1.82, 2.24) is 10.2 Å². The Bertz CT molecular complexity index is 277. The number of amides is 1. The minimum atomic E-state index is 0.304. The van der Waals surface area contributed by atoms with E-state index in [1.807, 2.05) is 16.7 Å². The van der Waals surface area contributed by atoms with Crippen molar-refractivity contribution >= 4 is 17.7 Å². The van der Waals surface area contributed by atoms with Crippen molar-refractivity contribution in [3.05, 3.63) is 0 Å². The molecule has 1 amide bonds. The summed E-state index contributed by atoms with van der Waals surface area (Å²) in [6.45, 7) is 7.66. The third-order valence-corrected chi connectivity index (χ3v) is 5.32. The third kappa shape index (κ3) is 4.97. The molecule has 0 bridgehead atoms. The predicted octanol–water partition coefficient (Wildman–Crippen LogP) is 1.36. The highest BCUT2D eigenvalue weighted by Crippen LogP contribution is 2.21. The van der Waals surface area contributed by atoms with Crippen LogP contribution in [-0.2, 0) is 9.53 Å². The summed E-state index contributed by atoms with van der Waals surface area (Å²) in [5.74, 6) is 1.50. The summed E-state index contributed by atoms with van der Waals surface area (Å²) < 4.78 is 5.39. The molecule has 1 N–H and O–H groups in total. The van der Waals surface area contributed by atoms with Gasteiger partial charge in [0.05, 0.1) is 12.4 Å². The van der Waals surface area contributed by atoms with Crippen molar-refractivity contribution in [2.75, 3.05) is 45.1 Å². The van der Waals surface area contributed by atoms with Gasteiger partial charge in [-0.15, -0.1) is 11.8 Å². The number of nitrogens with one attached hydrogen (secondary N) is 1. The van der Waals surface area contributed by atoms with Gasteiger partial charge in [-0.2, -0.15) is 0 Å². The van der Waals surface area contributed by atoms with Crippen molar-refractivity contribution < 1.29 is 9.53 Å². The summed E-state index contributed by atoms with van der Waals surface area (Å²) in [5.41, 5.74) is 0. The molecule has 4 nitrogen and oxygen atoms in total. The minimum Gasteiger partial charge on any atom is -0.381 e. The van der Waals surface area contributed by atoms with E-state index in [2.05, 4.69) is 12.2 Å². The number of hydrogen-bond acceptors (Lipinski definition) is 4. The van der Waals surface area contributed by atoms with Crippen LogP contribution in [0.3, 0.4) is 0 Å². The maximum absolute atomic E-state index is 12.3. The van der Waals surface area contributed by atoms with Crippen molar-refractivity contribution in [2.45, 2.75) is 31.4 Å². The first kappa shape index (κ1) is 15.1. The average molecular weight is 286 g/mol. The second kappa shape index (κ2) is 8.12. The Morgan fingerprint density at radius 1 is 1.37 bits per heavy atom. The Hall–Kier alpha value is -0.260. The lowest BCUT2D eigenvalue weighted by atomic mass is 10.1. The van der Waals surface area contributed by atoms with E-state index in [0.717, 1.165) is 45.8 Å². The van der Waals surface area contributed by atoms with Crippen molar-refractivity contribution in [1.29, 1.82) is 0 Å². The average Bonchev–Trinajstić information content (AvgIpc) is 2.96. The highest BCUT2D eigenvalue weighted by atomic mass is 32.2. The van der Waals surface area contributed by atoms with Crippen LogP contribution in [-0.4, -0.2) is 61.2 Å². The molecule has 0 aromatic heterocycles. The fourth-order valence-electron chi connectivity index (χ4n) is 2.69. The van der Waals surface area contributed by atoms with Gasteiger partial charge in [0.1, 0.15) is 0 Å². The predicted molar refractivity (Wildman–Crippen MR) is 79.5 cm³/mol. The second-order valence-electron chi connectivity index (χ2n) is 5.42. The molecule has 1 unspecified atom stereocenters. The van der Waals surface area contributed by atoms with Crippen LogP contribution in [0.25, 0.3) is 0 Å². The normalized spacial score (nSPS) is 24.6. The zero-order valence-corrected chi connectivity index (χ0v) is 12.7. The highest BCUT2D eigenvalue weighted by Gasteiger charge is 2.22. The lowest BCUT2D eigenvalue weighted by molar-refractivity contribution is -0.128. The molecule has 0 aromatic carbocycles. The van der Waals surface area contributed by atoms with Crippen molar-refractivity contribution in [3.8, 4) is 0 Å². The first-order valence-electron chi connectivity index (χ1n) is 7.47. The topological polar surface area (TPSA) is 41.6 Å². The van der Waals surface area contributed by atoms with Crippen LogP contribution in [0, 0.1) is 5.92 Å². The minimum absolute atomic E-state index is 0.304. The molecule has 0 saturated carbocycles.